The fraction of sp³-hybridized carbons (Fsp3) is 0.529. The Morgan fingerprint density at radius 3 is 2.38 bits per heavy atom. The molecule has 0 saturated heterocycles. The van der Waals surface area contributed by atoms with Crippen LogP contribution in [0, 0.1) is 5.92 Å². The van der Waals surface area contributed by atoms with E-state index in [1.165, 1.54) is 44.9 Å². The van der Waals surface area contributed by atoms with Crippen LogP contribution >= 0.6 is 0 Å². The summed E-state index contributed by atoms with van der Waals surface area (Å²) in [6.07, 6.45) is 10.9. The van der Waals surface area contributed by atoms with Crippen molar-refractivity contribution < 1.29 is 0 Å². The molecule has 0 aliphatic heterocycles. The fourth-order valence-corrected chi connectivity index (χ4v) is 3.33. The minimum absolute atomic E-state index is 0.0262. The molecule has 1 unspecified atom stereocenters. The average Bonchev–Trinajstić information content (AvgIpc) is 2.96. The predicted octanol–water partition coefficient (Wildman–Crippen LogP) is 3.63. The van der Waals surface area contributed by atoms with E-state index < -0.39 is 0 Å². The normalized spacial score (nSPS) is 18.9. The summed E-state index contributed by atoms with van der Waals surface area (Å²) >= 11 is 0. The summed E-state index contributed by atoms with van der Waals surface area (Å²) < 4.78 is 1.89. The molecule has 1 heterocycles. The van der Waals surface area contributed by atoms with Crippen molar-refractivity contribution in [2.24, 2.45) is 11.7 Å². The number of hydrogen-bond acceptors (Lipinski definition) is 3. The van der Waals surface area contributed by atoms with E-state index in [1.807, 2.05) is 41.2 Å². The lowest BCUT2D eigenvalue weighted by molar-refractivity contribution is 0.321. The highest BCUT2D eigenvalue weighted by Gasteiger charge is 2.24. The Bertz CT molecular complexity index is 541. The van der Waals surface area contributed by atoms with Gasteiger partial charge in [-0.3, -0.25) is 0 Å². The molecule has 1 saturated carbocycles. The van der Waals surface area contributed by atoms with Gasteiger partial charge in [-0.15, -0.1) is 5.10 Å². The van der Waals surface area contributed by atoms with Gasteiger partial charge in [0.25, 0.3) is 0 Å². The Morgan fingerprint density at radius 1 is 1.00 bits per heavy atom. The lowest BCUT2D eigenvalue weighted by Gasteiger charge is -2.25. The largest absolute Gasteiger partial charge is 0.322 e. The number of nitrogens with zero attached hydrogens (tertiary/aromatic N) is 3. The van der Waals surface area contributed by atoms with Crippen LogP contribution in [0.25, 0.3) is 5.69 Å². The van der Waals surface area contributed by atoms with Crippen molar-refractivity contribution in [1.29, 1.82) is 0 Å². The lowest BCUT2D eigenvalue weighted by atomic mass is 9.85. The van der Waals surface area contributed by atoms with Crippen molar-refractivity contribution in [3.05, 3.63) is 42.2 Å². The third-order valence-corrected chi connectivity index (χ3v) is 4.58. The minimum Gasteiger partial charge on any atom is -0.322 e. The molecule has 4 heteroatoms. The van der Waals surface area contributed by atoms with Gasteiger partial charge < -0.3 is 5.73 Å². The van der Waals surface area contributed by atoms with Crippen molar-refractivity contribution in [2.75, 3.05) is 0 Å². The summed E-state index contributed by atoms with van der Waals surface area (Å²) in [6.45, 7) is 0. The Balaban J connectivity index is 1.81. The SMILES string of the molecule is NC(c1cnnn1-c1ccccc1)C1CCCCCCC1. The zero-order valence-corrected chi connectivity index (χ0v) is 12.5. The summed E-state index contributed by atoms with van der Waals surface area (Å²) in [5.41, 5.74) is 8.64. The minimum atomic E-state index is 0.0262. The van der Waals surface area contributed by atoms with Crippen LogP contribution in [0.1, 0.15) is 56.7 Å². The smallest absolute Gasteiger partial charge is 0.0815 e. The molecular weight excluding hydrogens is 260 g/mol. The zero-order chi connectivity index (χ0) is 14.5. The molecular formula is C17H24N4. The third kappa shape index (κ3) is 3.32. The van der Waals surface area contributed by atoms with Gasteiger partial charge in [0.1, 0.15) is 0 Å². The van der Waals surface area contributed by atoms with Gasteiger partial charge in [-0.05, 0) is 30.9 Å². The van der Waals surface area contributed by atoms with Crippen molar-refractivity contribution in [3.8, 4) is 5.69 Å². The molecule has 0 radical (unpaired) electrons. The van der Waals surface area contributed by atoms with E-state index in [0.29, 0.717) is 5.92 Å². The summed E-state index contributed by atoms with van der Waals surface area (Å²) in [5.74, 6) is 0.547. The maximum atomic E-state index is 6.57. The second-order valence-corrected chi connectivity index (χ2v) is 6.04. The molecule has 1 atom stereocenters. The molecule has 2 N–H and O–H groups in total. The van der Waals surface area contributed by atoms with Crippen LogP contribution < -0.4 is 5.73 Å². The molecule has 1 fully saturated rings. The first-order chi connectivity index (χ1) is 10.4. The predicted molar refractivity (Wildman–Crippen MR) is 84.1 cm³/mol. The monoisotopic (exact) mass is 284 g/mol. The zero-order valence-electron chi connectivity index (χ0n) is 12.5. The van der Waals surface area contributed by atoms with Crippen molar-refractivity contribution in [3.63, 3.8) is 0 Å². The van der Waals surface area contributed by atoms with Gasteiger partial charge in [-0.25, -0.2) is 4.68 Å². The van der Waals surface area contributed by atoms with Crippen molar-refractivity contribution >= 4 is 0 Å². The van der Waals surface area contributed by atoms with E-state index in [-0.39, 0.29) is 6.04 Å². The van der Waals surface area contributed by atoms with Gasteiger partial charge in [0.15, 0.2) is 0 Å². The van der Waals surface area contributed by atoms with Gasteiger partial charge in [-0.2, -0.15) is 0 Å². The summed E-state index contributed by atoms with van der Waals surface area (Å²) in [7, 11) is 0. The Hall–Kier alpha value is -1.68. The Kier molecular flexibility index (Phi) is 4.65. The van der Waals surface area contributed by atoms with Crippen molar-refractivity contribution in [2.45, 2.75) is 51.0 Å². The first-order valence-corrected chi connectivity index (χ1v) is 8.08. The van der Waals surface area contributed by atoms with Crippen LogP contribution in [0.4, 0.5) is 0 Å². The van der Waals surface area contributed by atoms with Crippen LogP contribution in [0.5, 0.6) is 0 Å². The van der Waals surface area contributed by atoms with Crippen LogP contribution in [-0.4, -0.2) is 15.0 Å². The highest BCUT2D eigenvalue weighted by molar-refractivity contribution is 5.32. The van der Waals surface area contributed by atoms with Crippen LogP contribution in [-0.2, 0) is 0 Å². The number of benzene rings is 1. The molecule has 0 amide bonds. The maximum Gasteiger partial charge on any atom is 0.0815 e. The van der Waals surface area contributed by atoms with E-state index >= 15 is 0 Å². The molecule has 1 aliphatic carbocycles. The highest BCUT2D eigenvalue weighted by Crippen LogP contribution is 2.31. The molecule has 1 aromatic carbocycles. The molecule has 1 aromatic heterocycles. The molecule has 3 rings (SSSR count). The molecule has 2 aromatic rings. The summed E-state index contributed by atoms with van der Waals surface area (Å²) in [6, 6.07) is 10.2. The maximum absolute atomic E-state index is 6.57. The molecule has 21 heavy (non-hydrogen) atoms. The second kappa shape index (κ2) is 6.85. The molecule has 0 spiro atoms. The lowest BCUT2D eigenvalue weighted by Crippen LogP contribution is -2.25. The topological polar surface area (TPSA) is 56.7 Å². The Labute approximate surface area is 126 Å². The van der Waals surface area contributed by atoms with E-state index in [2.05, 4.69) is 10.3 Å². The summed E-state index contributed by atoms with van der Waals surface area (Å²) in [4.78, 5) is 0. The van der Waals surface area contributed by atoms with E-state index in [0.717, 1.165) is 11.4 Å². The van der Waals surface area contributed by atoms with Crippen LogP contribution in [0.2, 0.25) is 0 Å². The Morgan fingerprint density at radius 2 is 1.67 bits per heavy atom. The number of hydrogen-bond donors (Lipinski definition) is 1. The number of para-hydroxylation sites is 1. The third-order valence-electron chi connectivity index (χ3n) is 4.58. The summed E-state index contributed by atoms with van der Waals surface area (Å²) in [5, 5.41) is 8.32. The van der Waals surface area contributed by atoms with Gasteiger partial charge in [0.05, 0.1) is 23.6 Å². The van der Waals surface area contributed by atoms with Gasteiger partial charge in [0.2, 0.25) is 0 Å². The first-order valence-electron chi connectivity index (χ1n) is 8.08. The fourth-order valence-electron chi connectivity index (χ4n) is 3.33. The number of nitrogens with two attached hydrogens (primary N) is 1. The highest BCUT2D eigenvalue weighted by atomic mass is 15.4. The molecule has 112 valence electrons. The number of rotatable bonds is 3. The number of aromatic nitrogens is 3. The quantitative estimate of drug-likeness (QED) is 0.936. The van der Waals surface area contributed by atoms with Gasteiger partial charge >= 0.3 is 0 Å². The molecule has 1 aliphatic rings. The molecule has 4 nitrogen and oxygen atoms in total. The molecule has 0 bridgehead atoms. The van der Waals surface area contributed by atoms with Gasteiger partial charge in [-0.1, -0.05) is 55.5 Å². The first kappa shape index (κ1) is 14.3. The average molecular weight is 284 g/mol. The standard InChI is InChI=1S/C17H24N4/c18-17(14-9-5-2-1-3-6-10-14)16-13-19-20-21(16)15-11-7-4-8-12-15/h4,7-8,11-14,17H,1-3,5-6,9-10,18H2. The van der Waals surface area contributed by atoms with Crippen LogP contribution in [0.15, 0.2) is 36.5 Å². The van der Waals surface area contributed by atoms with E-state index in [9.17, 15) is 0 Å². The second-order valence-electron chi connectivity index (χ2n) is 6.04. The van der Waals surface area contributed by atoms with Crippen LogP contribution in [0.3, 0.4) is 0 Å². The van der Waals surface area contributed by atoms with E-state index in [1.54, 1.807) is 0 Å². The van der Waals surface area contributed by atoms with E-state index in [4.69, 9.17) is 5.73 Å². The van der Waals surface area contributed by atoms with Crippen molar-refractivity contribution in [1.82, 2.24) is 15.0 Å². The van der Waals surface area contributed by atoms with Gasteiger partial charge in [0, 0.05) is 0 Å².